The number of hydrogen-bond donors (Lipinski definition) is 1. The van der Waals surface area contributed by atoms with Crippen LogP contribution in [0.4, 0.5) is 0 Å². The second kappa shape index (κ2) is 5.50. The van der Waals surface area contributed by atoms with Gasteiger partial charge in [0.2, 0.25) is 0 Å². The van der Waals surface area contributed by atoms with Crippen molar-refractivity contribution in [3.8, 4) is 0 Å². The van der Waals surface area contributed by atoms with Crippen molar-refractivity contribution in [3.05, 3.63) is 18.2 Å². The van der Waals surface area contributed by atoms with E-state index in [0.29, 0.717) is 6.54 Å². The smallest absolute Gasteiger partial charge is 0.326 e. The zero-order valence-corrected chi connectivity index (χ0v) is 9.36. The molecule has 0 fully saturated rings. The van der Waals surface area contributed by atoms with E-state index in [1.165, 1.54) is 0 Å². The molecule has 0 bridgehead atoms. The highest BCUT2D eigenvalue weighted by atomic mass is 16.5. The highest BCUT2D eigenvalue weighted by Gasteiger charge is 2.09. The maximum Gasteiger partial charge on any atom is 0.326 e. The summed E-state index contributed by atoms with van der Waals surface area (Å²) in [4.78, 5) is 15.5. The molecule has 0 radical (unpaired) electrons. The summed E-state index contributed by atoms with van der Waals surface area (Å²) < 4.78 is 6.83. The molecule has 1 rings (SSSR count). The van der Waals surface area contributed by atoms with Gasteiger partial charge in [0.05, 0.1) is 12.6 Å². The van der Waals surface area contributed by atoms with Gasteiger partial charge in [-0.2, -0.15) is 0 Å². The zero-order chi connectivity index (χ0) is 11.3. The average Bonchev–Trinajstić information content (AvgIpc) is 2.52. The van der Waals surface area contributed by atoms with Crippen molar-refractivity contribution in [3.63, 3.8) is 0 Å². The van der Waals surface area contributed by atoms with E-state index in [0.717, 1.165) is 5.82 Å². The van der Waals surface area contributed by atoms with Gasteiger partial charge >= 0.3 is 5.97 Å². The van der Waals surface area contributed by atoms with Crippen LogP contribution in [0.3, 0.4) is 0 Å². The molecule has 0 aliphatic heterocycles. The Bertz CT molecular complexity index is 320. The van der Waals surface area contributed by atoms with Gasteiger partial charge in [-0.1, -0.05) is 0 Å². The van der Waals surface area contributed by atoms with Crippen LogP contribution >= 0.6 is 0 Å². The molecule has 84 valence electrons. The lowest BCUT2D eigenvalue weighted by atomic mass is 10.5. The van der Waals surface area contributed by atoms with Crippen molar-refractivity contribution < 1.29 is 9.53 Å². The number of nitrogens with zero attached hydrogens (tertiary/aromatic N) is 2. The van der Waals surface area contributed by atoms with Gasteiger partial charge in [0, 0.05) is 12.4 Å². The topological polar surface area (TPSA) is 56.2 Å². The maximum atomic E-state index is 11.4. The maximum absolute atomic E-state index is 11.4. The van der Waals surface area contributed by atoms with Gasteiger partial charge in [-0.25, -0.2) is 4.98 Å². The second-order valence-corrected chi connectivity index (χ2v) is 3.54. The summed E-state index contributed by atoms with van der Waals surface area (Å²) in [5, 5.41) is 2.99. The molecule has 5 nitrogen and oxygen atoms in total. The number of imidazole rings is 1. The number of carbonyl (C=O) groups is 1. The molecule has 1 aromatic rings. The summed E-state index contributed by atoms with van der Waals surface area (Å²) in [5.41, 5.74) is 0. The van der Waals surface area contributed by atoms with Crippen LogP contribution in [0.2, 0.25) is 0 Å². The number of esters is 1. The molecule has 0 unspecified atom stereocenters. The Morgan fingerprint density at radius 3 is 3.00 bits per heavy atom. The number of rotatable bonds is 5. The van der Waals surface area contributed by atoms with Gasteiger partial charge < -0.3 is 14.6 Å². The van der Waals surface area contributed by atoms with Crippen molar-refractivity contribution >= 4 is 5.97 Å². The van der Waals surface area contributed by atoms with Gasteiger partial charge in [-0.15, -0.1) is 0 Å². The standard InChI is InChI=1S/C10H17N3O2/c1-8(2)15-10(14)7-13-5-4-12-9(13)6-11-3/h4-5,8,11H,6-7H2,1-3H3. The number of carbonyl (C=O) groups excluding carboxylic acids is 1. The largest absolute Gasteiger partial charge is 0.462 e. The third-order valence-corrected chi connectivity index (χ3v) is 1.80. The minimum Gasteiger partial charge on any atom is -0.462 e. The van der Waals surface area contributed by atoms with Crippen LogP contribution in [0, 0.1) is 0 Å². The van der Waals surface area contributed by atoms with Crippen molar-refractivity contribution in [2.24, 2.45) is 0 Å². The molecule has 15 heavy (non-hydrogen) atoms. The summed E-state index contributed by atoms with van der Waals surface area (Å²) in [7, 11) is 1.84. The summed E-state index contributed by atoms with van der Waals surface area (Å²) >= 11 is 0. The van der Waals surface area contributed by atoms with Crippen LogP contribution in [-0.2, 0) is 22.6 Å². The fourth-order valence-electron chi connectivity index (χ4n) is 1.25. The molecular formula is C10H17N3O2. The summed E-state index contributed by atoms with van der Waals surface area (Å²) in [6.45, 7) is 4.53. The van der Waals surface area contributed by atoms with Crippen molar-refractivity contribution in [2.75, 3.05) is 7.05 Å². The fraction of sp³-hybridized carbons (Fsp3) is 0.600. The Morgan fingerprint density at radius 2 is 2.40 bits per heavy atom. The third kappa shape index (κ3) is 3.71. The van der Waals surface area contributed by atoms with E-state index in [1.807, 2.05) is 20.9 Å². The van der Waals surface area contributed by atoms with E-state index in [2.05, 4.69) is 10.3 Å². The summed E-state index contributed by atoms with van der Waals surface area (Å²) in [6, 6.07) is 0. The molecule has 0 spiro atoms. The Kier molecular flexibility index (Phi) is 4.30. The highest BCUT2D eigenvalue weighted by molar-refractivity contribution is 5.69. The van der Waals surface area contributed by atoms with Crippen LogP contribution < -0.4 is 5.32 Å². The lowest BCUT2D eigenvalue weighted by Gasteiger charge is -2.10. The Morgan fingerprint density at radius 1 is 1.67 bits per heavy atom. The molecular weight excluding hydrogens is 194 g/mol. The minimum absolute atomic E-state index is 0.0752. The molecule has 1 aromatic heterocycles. The highest BCUT2D eigenvalue weighted by Crippen LogP contribution is 1.99. The van der Waals surface area contributed by atoms with Crippen LogP contribution in [0.25, 0.3) is 0 Å². The van der Waals surface area contributed by atoms with Gasteiger partial charge in [-0.05, 0) is 20.9 Å². The van der Waals surface area contributed by atoms with Gasteiger partial charge in [0.1, 0.15) is 12.4 Å². The third-order valence-electron chi connectivity index (χ3n) is 1.80. The average molecular weight is 211 g/mol. The van der Waals surface area contributed by atoms with Crippen LogP contribution in [0.1, 0.15) is 19.7 Å². The van der Waals surface area contributed by atoms with Crippen LogP contribution in [-0.4, -0.2) is 28.7 Å². The second-order valence-electron chi connectivity index (χ2n) is 3.54. The molecule has 5 heteroatoms. The lowest BCUT2D eigenvalue weighted by molar-refractivity contribution is -0.148. The van der Waals surface area contributed by atoms with Crippen molar-refractivity contribution in [2.45, 2.75) is 33.0 Å². The fourth-order valence-corrected chi connectivity index (χ4v) is 1.25. The Labute approximate surface area is 89.4 Å². The molecule has 0 aromatic carbocycles. The quantitative estimate of drug-likeness (QED) is 0.723. The van der Waals surface area contributed by atoms with Crippen LogP contribution in [0.15, 0.2) is 12.4 Å². The van der Waals surface area contributed by atoms with E-state index >= 15 is 0 Å². The molecule has 1 N–H and O–H groups in total. The monoisotopic (exact) mass is 211 g/mol. The number of hydrogen-bond acceptors (Lipinski definition) is 4. The molecule has 0 amide bonds. The van der Waals surface area contributed by atoms with Crippen LogP contribution in [0.5, 0.6) is 0 Å². The number of nitrogens with one attached hydrogen (secondary N) is 1. The van der Waals surface area contributed by atoms with Gasteiger partial charge in [0.25, 0.3) is 0 Å². The first-order valence-corrected chi connectivity index (χ1v) is 4.97. The molecule has 0 saturated heterocycles. The van der Waals surface area contributed by atoms with E-state index < -0.39 is 0 Å². The first-order chi connectivity index (χ1) is 7.13. The van der Waals surface area contributed by atoms with Gasteiger partial charge in [0.15, 0.2) is 0 Å². The van der Waals surface area contributed by atoms with Gasteiger partial charge in [-0.3, -0.25) is 4.79 Å². The first-order valence-electron chi connectivity index (χ1n) is 4.97. The predicted molar refractivity (Wildman–Crippen MR) is 56.2 cm³/mol. The molecule has 0 aliphatic rings. The Balaban J connectivity index is 2.55. The van der Waals surface area contributed by atoms with Crippen molar-refractivity contribution in [1.29, 1.82) is 0 Å². The zero-order valence-electron chi connectivity index (χ0n) is 9.36. The number of ether oxygens (including phenoxy) is 1. The molecule has 0 aliphatic carbocycles. The molecule has 1 heterocycles. The number of aromatic nitrogens is 2. The van der Waals surface area contributed by atoms with Crippen molar-refractivity contribution in [1.82, 2.24) is 14.9 Å². The summed E-state index contributed by atoms with van der Waals surface area (Å²) in [5.74, 6) is 0.596. The Hall–Kier alpha value is -1.36. The molecule has 0 atom stereocenters. The van der Waals surface area contributed by atoms with E-state index in [9.17, 15) is 4.79 Å². The normalized spacial score (nSPS) is 10.7. The van der Waals surface area contributed by atoms with E-state index in [-0.39, 0.29) is 18.6 Å². The summed E-state index contributed by atoms with van der Waals surface area (Å²) in [6.07, 6.45) is 3.37. The SMILES string of the molecule is CNCc1nccn1CC(=O)OC(C)C. The predicted octanol–water partition coefficient (Wildman–Crippen LogP) is 0.554. The van der Waals surface area contributed by atoms with E-state index in [1.54, 1.807) is 17.0 Å². The lowest BCUT2D eigenvalue weighted by Crippen LogP contribution is -2.20. The van der Waals surface area contributed by atoms with E-state index in [4.69, 9.17) is 4.74 Å². The first kappa shape index (κ1) is 11.7. The molecule has 0 saturated carbocycles. The minimum atomic E-state index is -0.236.